The standard InChI is InChI=1S/C20H26N2O4S/c1-16-15-19(25-2)7-8-20(16)27(23,24)21-10-9-17-3-5-18(6-4-17)22-11-13-26-14-12-22/h3-8,15,21H,9-14H2,1-2H3. The van der Waals surface area contributed by atoms with Crippen LogP contribution in [0.15, 0.2) is 47.4 Å². The van der Waals surface area contributed by atoms with E-state index in [4.69, 9.17) is 9.47 Å². The molecule has 7 heteroatoms. The molecular formula is C20H26N2O4S. The number of morpholine rings is 1. The predicted octanol–water partition coefficient (Wildman–Crippen LogP) is 2.36. The molecule has 1 N–H and O–H groups in total. The Morgan fingerprint density at radius 2 is 1.81 bits per heavy atom. The summed E-state index contributed by atoms with van der Waals surface area (Å²) < 4.78 is 38.3. The maximum atomic E-state index is 12.5. The van der Waals surface area contributed by atoms with E-state index in [0.29, 0.717) is 24.3 Å². The van der Waals surface area contributed by atoms with Crippen molar-refractivity contribution >= 4 is 15.7 Å². The minimum atomic E-state index is -3.54. The van der Waals surface area contributed by atoms with Crippen molar-refractivity contribution in [3.63, 3.8) is 0 Å². The van der Waals surface area contributed by atoms with Gasteiger partial charge in [0, 0.05) is 25.3 Å². The van der Waals surface area contributed by atoms with Gasteiger partial charge < -0.3 is 14.4 Å². The van der Waals surface area contributed by atoms with Gasteiger partial charge in [-0.3, -0.25) is 0 Å². The summed E-state index contributed by atoms with van der Waals surface area (Å²) in [7, 11) is -1.98. The number of nitrogens with zero attached hydrogens (tertiary/aromatic N) is 1. The summed E-state index contributed by atoms with van der Waals surface area (Å²) in [5.41, 5.74) is 2.94. The maximum absolute atomic E-state index is 12.5. The fourth-order valence-electron chi connectivity index (χ4n) is 3.15. The molecule has 1 aliphatic rings. The van der Waals surface area contributed by atoms with Gasteiger partial charge in [0.05, 0.1) is 25.2 Å². The first-order valence-electron chi connectivity index (χ1n) is 9.05. The minimum Gasteiger partial charge on any atom is -0.497 e. The highest BCUT2D eigenvalue weighted by atomic mass is 32.2. The molecule has 0 aromatic heterocycles. The fourth-order valence-corrected chi connectivity index (χ4v) is 4.41. The van der Waals surface area contributed by atoms with Gasteiger partial charge in [-0.15, -0.1) is 0 Å². The third-order valence-corrected chi connectivity index (χ3v) is 6.31. The second kappa shape index (κ2) is 8.73. The number of nitrogens with one attached hydrogen (secondary N) is 1. The largest absolute Gasteiger partial charge is 0.497 e. The Kier molecular flexibility index (Phi) is 6.36. The van der Waals surface area contributed by atoms with Crippen LogP contribution >= 0.6 is 0 Å². The molecule has 1 heterocycles. The lowest BCUT2D eigenvalue weighted by molar-refractivity contribution is 0.122. The van der Waals surface area contributed by atoms with E-state index in [2.05, 4.69) is 33.9 Å². The first kappa shape index (κ1) is 19.7. The third kappa shape index (κ3) is 5.00. The summed E-state index contributed by atoms with van der Waals surface area (Å²) in [6, 6.07) is 13.2. The molecule has 1 aliphatic heterocycles. The van der Waals surface area contributed by atoms with Crippen molar-refractivity contribution in [1.82, 2.24) is 4.72 Å². The lowest BCUT2D eigenvalue weighted by Gasteiger charge is -2.28. The van der Waals surface area contributed by atoms with E-state index >= 15 is 0 Å². The van der Waals surface area contributed by atoms with Gasteiger partial charge in [-0.2, -0.15) is 0 Å². The molecule has 0 atom stereocenters. The zero-order chi connectivity index (χ0) is 19.3. The molecule has 0 aliphatic carbocycles. The van der Waals surface area contributed by atoms with E-state index in [1.165, 1.54) is 5.69 Å². The van der Waals surface area contributed by atoms with Crippen molar-refractivity contribution in [2.75, 3.05) is 44.9 Å². The minimum absolute atomic E-state index is 0.283. The van der Waals surface area contributed by atoms with Crippen molar-refractivity contribution in [1.29, 1.82) is 0 Å². The van der Waals surface area contributed by atoms with Crippen LogP contribution in [0.5, 0.6) is 5.75 Å². The summed E-state index contributed by atoms with van der Waals surface area (Å²) in [6.45, 7) is 5.44. The van der Waals surface area contributed by atoms with E-state index in [9.17, 15) is 8.42 Å². The molecule has 0 unspecified atom stereocenters. The van der Waals surface area contributed by atoms with E-state index in [-0.39, 0.29) is 4.90 Å². The Morgan fingerprint density at radius 3 is 2.44 bits per heavy atom. The summed E-state index contributed by atoms with van der Waals surface area (Å²) in [6.07, 6.45) is 0.637. The molecule has 3 rings (SSSR count). The Morgan fingerprint density at radius 1 is 1.11 bits per heavy atom. The summed E-state index contributed by atoms with van der Waals surface area (Å²) >= 11 is 0. The van der Waals surface area contributed by atoms with Gasteiger partial charge in [-0.1, -0.05) is 12.1 Å². The SMILES string of the molecule is COc1ccc(S(=O)(=O)NCCc2ccc(N3CCOCC3)cc2)c(C)c1. The Labute approximate surface area is 161 Å². The Hall–Kier alpha value is -2.09. The van der Waals surface area contributed by atoms with Crippen LogP contribution in [0.1, 0.15) is 11.1 Å². The van der Waals surface area contributed by atoms with E-state index in [1.54, 1.807) is 32.2 Å². The summed E-state index contributed by atoms with van der Waals surface area (Å²) in [5.74, 6) is 0.645. The lowest BCUT2D eigenvalue weighted by atomic mass is 10.1. The molecule has 1 fully saturated rings. The number of anilines is 1. The molecule has 146 valence electrons. The van der Waals surface area contributed by atoms with E-state index in [0.717, 1.165) is 31.9 Å². The smallest absolute Gasteiger partial charge is 0.240 e. The number of ether oxygens (including phenoxy) is 2. The number of rotatable bonds is 7. The molecule has 2 aromatic rings. The molecule has 1 saturated heterocycles. The highest BCUT2D eigenvalue weighted by Gasteiger charge is 2.17. The number of methoxy groups -OCH3 is 1. The van der Waals surface area contributed by atoms with Crippen LogP contribution in [0.3, 0.4) is 0 Å². The van der Waals surface area contributed by atoms with Gasteiger partial charge in [0.2, 0.25) is 10.0 Å². The van der Waals surface area contributed by atoms with Crippen LogP contribution < -0.4 is 14.4 Å². The highest BCUT2D eigenvalue weighted by molar-refractivity contribution is 7.89. The first-order valence-corrected chi connectivity index (χ1v) is 10.5. The van der Waals surface area contributed by atoms with Crippen molar-refractivity contribution in [3.05, 3.63) is 53.6 Å². The van der Waals surface area contributed by atoms with Gasteiger partial charge in [0.15, 0.2) is 0 Å². The number of hydrogen-bond acceptors (Lipinski definition) is 5. The van der Waals surface area contributed by atoms with Gasteiger partial charge in [-0.05, 0) is 54.8 Å². The summed E-state index contributed by atoms with van der Waals surface area (Å²) in [4.78, 5) is 2.58. The Balaban J connectivity index is 1.57. The monoisotopic (exact) mass is 390 g/mol. The van der Waals surface area contributed by atoms with Crippen LogP contribution in [0, 0.1) is 6.92 Å². The molecule has 0 radical (unpaired) electrons. The lowest BCUT2D eigenvalue weighted by Crippen LogP contribution is -2.36. The molecule has 0 spiro atoms. The first-order chi connectivity index (χ1) is 13.0. The number of benzene rings is 2. The average Bonchev–Trinajstić information content (AvgIpc) is 2.68. The van der Waals surface area contributed by atoms with Crippen LogP contribution in [0.2, 0.25) is 0 Å². The normalized spacial score (nSPS) is 15.0. The quantitative estimate of drug-likeness (QED) is 0.786. The molecule has 0 saturated carbocycles. The number of aryl methyl sites for hydroxylation is 1. The topological polar surface area (TPSA) is 67.9 Å². The molecule has 0 bridgehead atoms. The maximum Gasteiger partial charge on any atom is 0.240 e. The molecule has 6 nitrogen and oxygen atoms in total. The molecule has 0 amide bonds. The second-order valence-corrected chi connectivity index (χ2v) is 8.28. The van der Waals surface area contributed by atoms with E-state index < -0.39 is 10.0 Å². The average molecular weight is 391 g/mol. The fraction of sp³-hybridized carbons (Fsp3) is 0.400. The van der Waals surface area contributed by atoms with E-state index in [1.807, 2.05) is 0 Å². The van der Waals surface area contributed by atoms with Gasteiger partial charge in [0.25, 0.3) is 0 Å². The van der Waals surface area contributed by atoms with Crippen LogP contribution in [-0.4, -0.2) is 48.4 Å². The molecule has 2 aromatic carbocycles. The van der Waals surface area contributed by atoms with Crippen molar-refractivity contribution in [2.45, 2.75) is 18.2 Å². The predicted molar refractivity (Wildman–Crippen MR) is 106 cm³/mol. The van der Waals surface area contributed by atoms with Crippen LogP contribution in [0.25, 0.3) is 0 Å². The van der Waals surface area contributed by atoms with Gasteiger partial charge in [0.1, 0.15) is 5.75 Å². The zero-order valence-electron chi connectivity index (χ0n) is 15.8. The molecule has 27 heavy (non-hydrogen) atoms. The van der Waals surface area contributed by atoms with Crippen LogP contribution in [-0.2, 0) is 21.2 Å². The van der Waals surface area contributed by atoms with Gasteiger partial charge >= 0.3 is 0 Å². The van der Waals surface area contributed by atoms with Gasteiger partial charge in [-0.25, -0.2) is 13.1 Å². The van der Waals surface area contributed by atoms with Crippen molar-refractivity contribution in [3.8, 4) is 5.75 Å². The van der Waals surface area contributed by atoms with Crippen molar-refractivity contribution < 1.29 is 17.9 Å². The summed E-state index contributed by atoms with van der Waals surface area (Å²) in [5, 5.41) is 0. The Bertz CT molecular complexity index is 860. The number of sulfonamides is 1. The zero-order valence-corrected chi connectivity index (χ0v) is 16.6. The van der Waals surface area contributed by atoms with Crippen molar-refractivity contribution in [2.24, 2.45) is 0 Å². The molecular weight excluding hydrogens is 364 g/mol. The third-order valence-electron chi connectivity index (χ3n) is 4.69. The van der Waals surface area contributed by atoms with Crippen LogP contribution in [0.4, 0.5) is 5.69 Å². The number of hydrogen-bond donors (Lipinski definition) is 1. The highest BCUT2D eigenvalue weighted by Crippen LogP contribution is 2.21. The second-order valence-electron chi connectivity index (χ2n) is 6.55.